The summed E-state index contributed by atoms with van der Waals surface area (Å²) in [5.41, 5.74) is 3.51. The number of hydrogen-bond acceptors (Lipinski definition) is 4. The molecule has 0 unspecified atom stereocenters. The highest BCUT2D eigenvalue weighted by atomic mass is 32.1. The van der Waals surface area contributed by atoms with Gasteiger partial charge in [0, 0.05) is 29.0 Å². The second kappa shape index (κ2) is 7.31. The molecule has 0 spiro atoms. The Hall–Kier alpha value is -2.01. The number of aryl methyl sites for hydroxylation is 2. The lowest BCUT2D eigenvalue weighted by atomic mass is 9.99. The third-order valence-electron chi connectivity index (χ3n) is 5.04. The van der Waals surface area contributed by atoms with Crippen molar-refractivity contribution in [2.75, 3.05) is 6.61 Å². The predicted molar refractivity (Wildman–Crippen MR) is 104 cm³/mol. The first-order valence-corrected chi connectivity index (χ1v) is 10.3. The lowest BCUT2D eigenvalue weighted by Crippen LogP contribution is -2.22. The molecule has 1 N–H and O–H groups in total. The summed E-state index contributed by atoms with van der Waals surface area (Å²) in [6.07, 6.45) is 5.79. The van der Waals surface area contributed by atoms with Gasteiger partial charge in [0.2, 0.25) is 0 Å². The Bertz CT molecular complexity index is 803. The van der Waals surface area contributed by atoms with Crippen LogP contribution >= 0.6 is 11.3 Å². The van der Waals surface area contributed by atoms with Crippen molar-refractivity contribution in [3.05, 3.63) is 44.6 Å². The molecule has 1 atom stereocenters. The number of carbonyl (C=O) groups is 1. The number of rotatable bonds is 5. The van der Waals surface area contributed by atoms with Gasteiger partial charge in [-0.2, -0.15) is 0 Å². The molecular formula is C21H25NO3S. The molecule has 1 aromatic heterocycles. The lowest BCUT2D eigenvalue weighted by Gasteiger charge is -2.13. The van der Waals surface area contributed by atoms with Gasteiger partial charge in [0.1, 0.15) is 17.6 Å². The molecule has 1 aliphatic heterocycles. The second-order valence-corrected chi connectivity index (χ2v) is 8.22. The van der Waals surface area contributed by atoms with Crippen molar-refractivity contribution < 1.29 is 14.3 Å². The summed E-state index contributed by atoms with van der Waals surface area (Å²) in [6, 6.07) is 6.16. The van der Waals surface area contributed by atoms with Crippen LogP contribution in [-0.4, -0.2) is 18.6 Å². The molecule has 1 aliphatic carbocycles. The number of benzene rings is 1. The topological polar surface area (TPSA) is 47.6 Å². The maximum absolute atomic E-state index is 12.6. The van der Waals surface area contributed by atoms with Crippen LogP contribution in [0.4, 0.5) is 0 Å². The third-order valence-corrected chi connectivity index (χ3v) is 6.27. The molecule has 1 aromatic carbocycles. The molecule has 0 radical (unpaired) electrons. The second-order valence-electron chi connectivity index (χ2n) is 7.08. The van der Waals surface area contributed by atoms with Crippen molar-refractivity contribution >= 4 is 17.2 Å². The molecule has 1 amide bonds. The largest absolute Gasteiger partial charge is 0.494 e. The van der Waals surface area contributed by atoms with Gasteiger partial charge in [0.15, 0.2) is 0 Å². The van der Waals surface area contributed by atoms with E-state index in [9.17, 15) is 4.79 Å². The van der Waals surface area contributed by atoms with E-state index >= 15 is 0 Å². The van der Waals surface area contributed by atoms with Crippen LogP contribution in [0.25, 0.3) is 0 Å². The summed E-state index contributed by atoms with van der Waals surface area (Å²) in [7, 11) is 0. The summed E-state index contributed by atoms with van der Waals surface area (Å²) in [6.45, 7) is 5.10. The molecule has 138 valence electrons. The summed E-state index contributed by atoms with van der Waals surface area (Å²) in [4.78, 5) is 14.8. The van der Waals surface area contributed by atoms with Crippen molar-refractivity contribution in [1.29, 1.82) is 0 Å². The van der Waals surface area contributed by atoms with Crippen molar-refractivity contribution in [1.82, 2.24) is 5.32 Å². The minimum atomic E-state index is 0.00151. The van der Waals surface area contributed by atoms with Gasteiger partial charge in [0.25, 0.3) is 5.91 Å². The van der Waals surface area contributed by atoms with Crippen LogP contribution in [-0.2, 0) is 25.8 Å². The van der Waals surface area contributed by atoms with Gasteiger partial charge in [0.05, 0.1) is 11.5 Å². The normalized spacial score (nSPS) is 18.0. The van der Waals surface area contributed by atoms with Gasteiger partial charge < -0.3 is 14.8 Å². The highest BCUT2D eigenvalue weighted by Crippen LogP contribution is 2.35. The standard InChI is InChI=1S/C21H25NO3S/c1-3-24-17-9-15-8-13(2)25-18(15)10-16(17)12-22-21(23)20-11-14-6-4-5-7-19(14)26-20/h9-11,13H,3-8,12H2,1-2H3,(H,22,23)/t13-/m1/s1. The summed E-state index contributed by atoms with van der Waals surface area (Å²) >= 11 is 1.65. The van der Waals surface area contributed by atoms with E-state index in [1.54, 1.807) is 11.3 Å². The van der Waals surface area contributed by atoms with E-state index in [-0.39, 0.29) is 12.0 Å². The van der Waals surface area contributed by atoms with Crippen molar-refractivity contribution in [2.24, 2.45) is 0 Å². The number of carbonyl (C=O) groups excluding carboxylic acids is 1. The van der Waals surface area contributed by atoms with Crippen LogP contribution < -0.4 is 14.8 Å². The van der Waals surface area contributed by atoms with E-state index in [2.05, 4.69) is 24.4 Å². The fraction of sp³-hybridized carbons (Fsp3) is 0.476. The van der Waals surface area contributed by atoms with Crippen LogP contribution in [0.15, 0.2) is 18.2 Å². The van der Waals surface area contributed by atoms with Crippen LogP contribution in [0.5, 0.6) is 11.5 Å². The maximum Gasteiger partial charge on any atom is 0.261 e. The minimum absolute atomic E-state index is 0.00151. The zero-order valence-electron chi connectivity index (χ0n) is 15.4. The Balaban J connectivity index is 1.49. The van der Waals surface area contributed by atoms with Crippen LogP contribution in [0.2, 0.25) is 0 Å². The zero-order chi connectivity index (χ0) is 18.1. The Morgan fingerprint density at radius 1 is 1.27 bits per heavy atom. The number of hydrogen-bond donors (Lipinski definition) is 1. The first kappa shape index (κ1) is 17.4. The van der Waals surface area contributed by atoms with Gasteiger partial charge in [-0.15, -0.1) is 11.3 Å². The quantitative estimate of drug-likeness (QED) is 0.853. The number of thiophene rings is 1. The zero-order valence-corrected chi connectivity index (χ0v) is 16.2. The van der Waals surface area contributed by atoms with Gasteiger partial charge in [-0.1, -0.05) is 0 Å². The van der Waals surface area contributed by atoms with Crippen LogP contribution in [0.3, 0.4) is 0 Å². The SMILES string of the molecule is CCOc1cc2c(cc1CNC(=O)c1cc3c(s1)CCCC3)O[C@H](C)C2. The maximum atomic E-state index is 12.6. The molecule has 0 saturated heterocycles. The van der Waals surface area contributed by atoms with Gasteiger partial charge in [-0.3, -0.25) is 4.79 Å². The summed E-state index contributed by atoms with van der Waals surface area (Å²) < 4.78 is 11.7. The number of ether oxygens (including phenoxy) is 2. The molecule has 2 aromatic rings. The molecule has 2 heterocycles. The minimum Gasteiger partial charge on any atom is -0.494 e. The predicted octanol–water partition coefficient (Wildman–Crippen LogP) is 4.28. The smallest absolute Gasteiger partial charge is 0.261 e. The Morgan fingerprint density at radius 2 is 2.12 bits per heavy atom. The molecule has 5 heteroatoms. The molecule has 0 saturated carbocycles. The number of amides is 1. The van der Waals surface area contributed by atoms with E-state index in [1.807, 2.05) is 13.0 Å². The Morgan fingerprint density at radius 3 is 2.92 bits per heavy atom. The fourth-order valence-electron chi connectivity index (χ4n) is 3.77. The van der Waals surface area contributed by atoms with E-state index in [0.717, 1.165) is 41.2 Å². The van der Waals surface area contributed by atoms with Crippen molar-refractivity contribution in [3.8, 4) is 11.5 Å². The van der Waals surface area contributed by atoms with E-state index < -0.39 is 0 Å². The summed E-state index contributed by atoms with van der Waals surface area (Å²) in [5.74, 6) is 1.76. The van der Waals surface area contributed by atoms with Crippen LogP contribution in [0.1, 0.15) is 57.9 Å². The van der Waals surface area contributed by atoms with Gasteiger partial charge in [-0.25, -0.2) is 0 Å². The van der Waals surface area contributed by atoms with Crippen molar-refractivity contribution in [2.45, 2.75) is 58.6 Å². The highest BCUT2D eigenvalue weighted by Gasteiger charge is 2.22. The molecule has 4 rings (SSSR count). The van der Waals surface area contributed by atoms with Gasteiger partial charge in [-0.05, 0) is 63.3 Å². The number of nitrogens with one attached hydrogen (secondary N) is 1. The first-order chi connectivity index (χ1) is 12.6. The highest BCUT2D eigenvalue weighted by molar-refractivity contribution is 7.14. The Kier molecular flexibility index (Phi) is 4.90. The lowest BCUT2D eigenvalue weighted by molar-refractivity contribution is 0.0954. The average Bonchev–Trinajstić information content (AvgIpc) is 3.21. The molecular weight excluding hydrogens is 346 g/mol. The summed E-state index contributed by atoms with van der Waals surface area (Å²) in [5, 5.41) is 3.06. The van der Waals surface area contributed by atoms with Crippen molar-refractivity contribution in [3.63, 3.8) is 0 Å². The fourth-order valence-corrected chi connectivity index (χ4v) is 4.94. The van der Waals surface area contributed by atoms with E-state index in [0.29, 0.717) is 13.2 Å². The molecule has 2 aliphatic rings. The molecule has 0 fully saturated rings. The van der Waals surface area contributed by atoms with E-state index in [4.69, 9.17) is 9.47 Å². The molecule has 4 nitrogen and oxygen atoms in total. The van der Waals surface area contributed by atoms with E-state index in [1.165, 1.54) is 28.8 Å². The third kappa shape index (κ3) is 3.45. The molecule has 26 heavy (non-hydrogen) atoms. The van der Waals surface area contributed by atoms with Crippen LogP contribution in [0, 0.1) is 0 Å². The molecule has 0 bridgehead atoms. The van der Waals surface area contributed by atoms with Gasteiger partial charge >= 0.3 is 0 Å². The first-order valence-electron chi connectivity index (χ1n) is 9.49. The Labute approximate surface area is 158 Å². The average molecular weight is 372 g/mol. The monoisotopic (exact) mass is 371 g/mol. The number of fused-ring (bicyclic) bond motifs is 2.